The minimum absolute atomic E-state index is 0.493. The Labute approximate surface area is 69.5 Å². The molecule has 64 valence electrons. The highest BCUT2D eigenvalue weighted by atomic mass is 16.6. The van der Waals surface area contributed by atoms with E-state index in [2.05, 4.69) is 4.98 Å². The van der Waals surface area contributed by atoms with Crippen molar-refractivity contribution in [2.24, 2.45) is 0 Å². The van der Waals surface area contributed by atoms with Crippen LogP contribution in [0.3, 0.4) is 0 Å². The van der Waals surface area contributed by atoms with E-state index in [1.54, 1.807) is 12.5 Å². The van der Waals surface area contributed by atoms with Crippen molar-refractivity contribution in [2.75, 3.05) is 0 Å². The molecule has 0 radical (unpaired) electrons. The first kappa shape index (κ1) is 8.45. The summed E-state index contributed by atoms with van der Waals surface area (Å²) in [5.74, 6) is 0. The summed E-state index contributed by atoms with van der Waals surface area (Å²) in [5, 5.41) is 9.98. The Hall–Kier alpha value is -1.65. The van der Waals surface area contributed by atoms with Crippen molar-refractivity contribution >= 4 is 6.08 Å². The zero-order valence-corrected chi connectivity index (χ0v) is 6.67. The van der Waals surface area contributed by atoms with Gasteiger partial charge in [-0.05, 0) is 6.92 Å². The predicted octanol–water partition coefficient (Wildman–Crippen LogP) is 1.15. The SMILES string of the molecule is CCn1cncc1C=C[N+](=O)[O-]. The maximum Gasteiger partial charge on any atom is 0.236 e. The molecule has 0 unspecified atom stereocenters. The number of aromatic nitrogens is 2. The van der Waals surface area contributed by atoms with Gasteiger partial charge in [0.05, 0.1) is 23.1 Å². The van der Waals surface area contributed by atoms with Gasteiger partial charge < -0.3 is 4.57 Å². The average Bonchev–Trinajstić information content (AvgIpc) is 2.47. The number of rotatable bonds is 3. The first-order valence-corrected chi connectivity index (χ1v) is 3.56. The first-order chi connectivity index (χ1) is 5.74. The normalized spacial score (nSPS) is 10.8. The van der Waals surface area contributed by atoms with Crippen LogP contribution >= 0.6 is 0 Å². The molecule has 0 aliphatic heterocycles. The second kappa shape index (κ2) is 3.66. The Balaban J connectivity index is 2.81. The molecule has 0 saturated heterocycles. The molecular weight excluding hydrogens is 158 g/mol. The lowest BCUT2D eigenvalue weighted by molar-refractivity contribution is -0.401. The van der Waals surface area contributed by atoms with Crippen LogP contribution in [0.25, 0.3) is 6.08 Å². The summed E-state index contributed by atoms with van der Waals surface area (Å²) in [6.07, 6.45) is 5.56. The minimum atomic E-state index is -0.493. The summed E-state index contributed by atoms with van der Waals surface area (Å²) in [4.78, 5) is 13.4. The van der Waals surface area contributed by atoms with Crippen LogP contribution in [-0.4, -0.2) is 14.5 Å². The fourth-order valence-corrected chi connectivity index (χ4v) is 0.871. The van der Waals surface area contributed by atoms with Gasteiger partial charge in [0.25, 0.3) is 0 Å². The third-order valence-corrected chi connectivity index (χ3v) is 1.45. The average molecular weight is 167 g/mol. The minimum Gasteiger partial charge on any atom is -0.331 e. The fraction of sp³-hybridized carbons (Fsp3) is 0.286. The molecule has 5 nitrogen and oxygen atoms in total. The van der Waals surface area contributed by atoms with E-state index in [-0.39, 0.29) is 0 Å². The van der Waals surface area contributed by atoms with Crippen LogP contribution in [-0.2, 0) is 6.54 Å². The van der Waals surface area contributed by atoms with E-state index in [1.165, 1.54) is 6.08 Å². The topological polar surface area (TPSA) is 61.0 Å². The third-order valence-electron chi connectivity index (χ3n) is 1.45. The molecule has 0 N–H and O–H groups in total. The van der Waals surface area contributed by atoms with Gasteiger partial charge in [0.2, 0.25) is 6.20 Å². The molecule has 0 aliphatic rings. The molecule has 0 spiro atoms. The number of aryl methyl sites for hydroxylation is 1. The van der Waals surface area contributed by atoms with E-state index in [9.17, 15) is 10.1 Å². The Morgan fingerprint density at radius 2 is 2.58 bits per heavy atom. The molecule has 0 amide bonds. The Morgan fingerprint density at radius 3 is 3.17 bits per heavy atom. The van der Waals surface area contributed by atoms with E-state index in [0.29, 0.717) is 0 Å². The van der Waals surface area contributed by atoms with E-state index in [4.69, 9.17) is 0 Å². The lowest BCUT2D eigenvalue weighted by Gasteiger charge is -1.96. The molecule has 12 heavy (non-hydrogen) atoms. The van der Waals surface area contributed by atoms with Gasteiger partial charge in [0.1, 0.15) is 0 Å². The van der Waals surface area contributed by atoms with Gasteiger partial charge in [-0.1, -0.05) is 0 Å². The first-order valence-electron chi connectivity index (χ1n) is 3.56. The Morgan fingerprint density at radius 1 is 1.83 bits per heavy atom. The second-order valence-corrected chi connectivity index (χ2v) is 2.21. The van der Waals surface area contributed by atoms with Crippen LogP contribution in [0.4, 0.5) is 0 Å². The van der Waals surface area contributed by atoms with Crippen LogP contribution in [0, 0.1) is 10.1 Å². The summed E-state index contributed by atoms with van der Waals surface area (Å²) in [6, 6.07) is 0. The highest BCUT2D eigenvalue weighted by molar-refractivity contribution is 5.41. The highest BCUT2D eigenvalue weighted by Crippen LogP contribution is 2.01. The lowest BCUT2D eigenvalue weighted by atomic mass is 10.4. The fourth-order valence-electron chi connectivity index (χ4n) is 0.871. The van der Waals surface area contributed by atoms with Gasteiger partial charge >= 0.3 is 0 Å². The zero-order chi connectivity index (χ0) is 8.97. The Kier molecular flexibility index (Phi) is 2.57. The second-order valence-electron chi connectivity index (χ2n) is 2.21. The molecular formula is C7H9N3O2. The summed E-state index contributed by atoms with van der Waals surface area (Å²) < 4.78 is 1.82. The maximum atomic E-state index is 9.98. The predicted molar refractivity (Wildman–Crippen MR) is 43.9 cm³/mol. The van der Waals surface area contributed by atoms with E-state index >= 15 is 0 Å². The quantitative estimate of drug-likeness (QED) is 0.501. The monoisotopic (exact) mass is 167 g/mol. The zero-order valence-electron chi connectivity index (χ0n) is 6.67. The molecule has 5 heteroatoms. The lowest BCUT2D eigenvalue weighted by Crippen LogP contribution is -1.94. The Bertz CT molecular complexity index is 303. The van der Waals surface area contributed by atoms with Gasteiger partial charge in [-0.2, -0.15) is 0 Å². The summed E-state index contributed by atoms with van der Waals surface area (Å²) in [7, 11) is 0. The van der Waals surface area contributed by atoms with Crippen LogP contribution in [0.5, 0.6) is 0 Å². The molecule has 1 aromatic rings. The van der Waals surface area contributed by atoms with Crippen LogP contribution in [0.2, 0.25) is 0 Å². The van der Waals surface area contributed by atoms with Crippen molar-refractivity contribution in [1.29, 1.82) is 0 Å². The largest absolute Gasteiger partial charge is 0.331 e. The van der Waals surface area contributed by atoms with Crippen molar-refractivity contribution in [2.45, 2.75) is 13.5 Å². The third kappa shape index (κ3) is 1.91. The molecule has 0 bridgehead atoms. The van der Waals surface area contributed by atoms with E-state index in [1.807, 2.05) is 11.5 Å². The molecule has 0 atom stereocenters. The van der Waals surface area contributed by atoms with Crippen molar-refractivity contribution < 1.29 is 4.92 Å². The van der Waals surface area contributed by atoms with Gasteiger partial charge in [0.15, 0.2) is 0 Å². The number of nitro groups is 1. The highest BCUT2D eigenvalue weighted by Gasteiger charge is 1.96. The smallest absolute Gasteiger partial charge is 0.236 e. The summed E-state index contributed by atoms with van der Waals surface area (Å²) >= 11 is 0. The van der Waals surface area contributed by atoms with Crippen molar-refractivity contribution in [3.8, 4) is 0 Å². The number of hydrogen-bond donors (Lipinski definition) is 0. The molecule has 0 aromatic carbocycles. The molecule has 1 heterocycles. The van der Waals surface area contributed by atoms with Crippen molar-refractivity contribution in [3.63, 3.8) is 0 Å². The number of hydrogen-bond acceptors (Lipinski definition) is 3. The van der Waals surface area contributed by atoms with Crippen LogP contribution in [0.1, 0.15) is 12.6 Å². The van der Waals surface area contributed by atoms with Gasteiger partial charge in [-0.25, -0.2) is 4.98 Å². The van der Waals surface area contributed by atoms with Gasteiger partial charge in [-0.15, -0.1) is 0 Å². The van der Waals surface area contributed by atoms with Crippen LogP contribution < -0.4 is 0 Å². The van der Waals surface area contributed by atoms with Crippen LogP contribution in [0.15, 0.2) is 18.7 Å². The number of nitrogens with zero attached hydrogens (tertiary/aromatic N) is 3. The molecule has 1 aromatic heterocycles. The van der Waals surface area contributed by atoms with E-state index < -0.39 is 4.92 Å². The van der Waals surface area contributed by atoms with Gasteiger partial charge in [-0.3, -0.25) is 10.1 Å². The standard InChI is InChI=1S/C7H9N3O2/c1-2-9-6-8-5-7(9)3-4-10(11)12/h3-6H,2H2,1H3. The van der Waals surface area contributed by atoms with Gasteiger partial charge in [0, 0.05) is 12.6 Å². The molecule has 0 saturated carbocycles. The summed E-state index contributed by atoms with van der Waals surface area (Å²) in [5.41, 5.74) is 0.745. The van der Waals surface area contributed by atoms with E-state index in [0.717, 1.165) is 18.4 Å². The molecule has 1 rings (SSSR count). The maximum absolute atomic E-state index is 9.98. The summed E-state index contributed by atoms with van der Waals surface area (Å²) in [6.45, 7) is 2.71. The molecule has 0 fully saturated rings. The van der Waals surface area contributed by atoms with Crippen molar-refractivity contribution in [1.82, 2.24) is 9.55 Å². The van der Waals surface area contributed by atoms with Crippen molar-refractivity contribution in [3.05, 3.63) is 34.5 Å². The molecule has 0 aliphatic carbocycles. The number of imidazole rings is 1.